The van der Waals surface area contributed by atoms with Gasteiger partial charge in [-0.2, -0.15) is 4.31 Å². The van der Waals surface area contributed by atoms with Crippen molar-refractivity contribution in [3.63, 3.8) is 0 Å². The van der Waals surface area contributed by atoms with E-state index in [0.29, 0.717) is 35.6 Å². The van der Waals surface area contributed by atoms with Gasteiger partial charge in [0.05, 0.1) is 4.90 Å². The summed E-state index contributed by atoms with van der Waals surface area (Å²) in [6.07, 6.45) is 0. The summed E-state index contributed by atoms with van der Waals surface area (Å²) < 4.78 is 27.7. The van der Waals surface area contributed by atoms with Crippen LogP contribution in [0.25, 0.3) is 10.8 Å². The Labute approximate surface area is 181 Å². The fraction of sp³-hybridized carbons (Fsp3) is 0.304. The van der Waals surface area contributed by atoms with Crippen LogP contribution in [0, 0.1) is 13.8 Å². The van der Waals surface area contributed by atoms with Crippen LogP contribution in [0.4, 0.5) is 0 Å². The zero-order valence-corrected chi connectivity index (χ0v) is 18.6. The second kappa shape index (κ2) is 7.94. The Bertz CT molecular complexity index is 1290. The first-order chi connectivity index (χ1) is 14.7. The highest BCUT2D eigenvalue weighted by Gasteiger charge is 2.32. The number of carbonyl (C=O) groups excluding carboxylic acids is 2. The smallest absolute Gasteiger partial charge is 0.270 e. The number of hydrogen-bond acceptors (Lipinski definition) is 4. The number of Topliss-reactive ketones (excluding diaryl/α,β-unsaturated/α-hetero) is 1. The molecule has 4 rings (SSSR count). The number of rotatable bonds is 4. The zero-order valence-electron chi connectivity index (χ0n) is 17.8. The molecule has 1 aliphatic heterocycles. The van der Waals surface area contributed by atoms with Gasteiger partial charge in [0, 0.05) is 37.4 Å². The molecule has 2 heterocycles. The maximum absolute atomic E-state index is 13.1. The van der Waals surface area contributed by atoms with E-state index < -0.39 is 10.0 Å². The van der Waals surface area contributed by atoms with Gasteiger partial charge in [0.1, 0.15) is 5.69 Å². The third-order valence-corrected chi connectivity index (χ3v) is 7.78. The van der Waals surface area contributed by atoms with Gasteiger partial charge in [-0.05, 0) is 49.2 Å². The highest BCUT2D eigenvalue weighted by molar-refractivity contribution is 7.89. The summed E-state index contributed by atoms with van der Waals surface area (Å²) in [6.45, 7) is 6.03. The molecule has 2 aromatic carbocycles. The predicted octanol–water partition coefficient (Wildman–Crippen LogP) is 3.13. The molecule has 3 aromatic rings. The van der Waals surface area contributed by atoms with Crippen molar-refractivity contribution in [2.45, 2.75) is 25.7 Å². The minimum atomic E-state index is -3.65. The third kappa shape index (κ3) is 3.77. The number of hydrogen-bond donors (Lipinski definition) is 1. The van der Waals surface area contributed by atoms with Crippen molar-refractivity contribution in [2.75, 3.05) is 26.2 Å². The Morgan fingerprint density at radius 1 is 0.935 bits per heavy atom. The molecule has 0 unspecified atom stereocenters. The number of nitrogens with one attached hydrogen (secondary N) is 1. The van der Waals surface area contributed by atoms with Crippen LogP contribution in [-0.4, -0.2) is 60.5 Å². The molecule has 1 fully saturated rings. The van der Waals surface area contributed by atoms with Gasteiger partial charge < -0.3 is 9.88 Å². The lowest BCUT2D eigenvalue weighted by Gasteiger charge is -2.34. The first-order valence-corrected chi connectivity index (χ1v) is 11.6. The van der Waals surface area contributed by atoms with E-state index in [0.717, 1.165) is 10.8 Å². The highest BCUT2D eigenvalue weighted by atomic mass is 32.2. The number of aromatic amines is 1. The van der Waals surface area contributed by atoms with Crippen LogP contribution in [0.15, 0.2) is 47.4 Å². The molecule has 31 heavy (non-hydrogen) atoms. The molecule has 1 aliphatic rings. The van der Waals surface area contributed by atoms with Crippen molar-refractivity contribution in [3.8, 4) is 0 Å². The molecule has 162 valence electrons. The fourth-order valence-electron chi connectivity index (χ4n) is 4.26. The van der Waals surface area contributed by atoms with Crippen molar-refractivity contribution in [3.05, 3.63) is 65.0 Å². The van der Waals surface area contributed by atoms with Crippen LogP contribution < -0.4 is 0 Å². The van der Waals surface area contributed by atoms with E-state index in [9.17, 15) is 18.0 Å². The molecule has 0 saturated carbocycles. The zero-order chi connectivity index (χ0) is 22.3. The number of carbonyl (C=O) groups is 2. The quantitative estimate of drug-likeness (QED) is 0.633. The highest BCUT2D eigenvalue weighted by Crippen LogP contribution is 2.24. The van der Waals surface area contributed by atoms with Crippen LogP contribution in [0.1, 0.15) is 39.0 Å². The monoisotopic (exact) mass is 439 g/mol. The summed E-state index contributed by atoms with van der Waals surface area (Å²) in [5.74, 6) is -0.299. The molecule has 0 bridgehead atoms. The minimum absolute atomic E-state index is 0.0865. The van der Waals surface area contributed by atoms with Gasteiger partial charge in [0.25, 0.3) is 5.91 Å². The number of sulfonamides is 1. The van der Waals surface area contributed by atoms with E-state index in [4.69, 9.17) is 0 Å². The summed E-state index contributed by atoms with van der Waals surface area (Å²) in [5, 5.41) is 1.86. The third-order valence-electron chi connectivity index (χ3n) is 5.89. The molecule has 1 aromatic heterocycles. The number of ketones is 1. The summed E-state index contributed by atoms with van der Waals surface area (Å²) in [6, 6.07) is 12.8. The van der Waals surface area contributed by atoms with Crippen molar-refractivity contribution in [2.24, 2.45) is 0 Å². The van der Waals surface area contributed by atoms with Gasteiger partial charge >= 0.3 is 0 Å². The van der Waals surface area contributed by atoms with Crippen molar-refractivity contribution < 1.29 is 18.0 Å². The van der Waals surface area contributed by atoms with Gasteiger partial charge in [-0.15, -0.1) is 0 Å². The van der Waals surface area contributed by atoms with Crippen molar-refractivity contribution >= 4 is 32.5 Å². The molecular weight excluding hydrogens is 414 g/mol. The standard InChI is InChI=1S/C23H25N3O4S/c1-15-21(17(3)27)16(2)24-22(15)23(28)25-10-12-26(13-11-25)31(29,30)20-9-8-18-6-4-5-7-19(18)14-20/h4-9,14,24H,10-13H2,1-3H3. The summed E-state index contributed by atoms with van der Waals surface area (Å²) >= 11 is 0. The van der Waals surface area contributed by atoms with E-state index >= 15 is 0 Å². The average Bonchev–Trinajstić information content (AvgIpc) is 3.07. The van der Waals surface area contributed by atoms with Crippen LogP contribution in [-0.2, 0) is 10.0 Å². The Morgan fingerprint density at radius 2 is 1.58 bits per heavy atom. The Balaban J connectivity index is 1.51. The summed E-state index contributed by atoms with van der Waals surface area (Å²) in [4.78, 5) is 29.8. The maximum Gasteiger partial charge on any atom is 0.270 e. The van der Waals surface area contributed by atoms with Crippen LogP contribution >= 0.6 is 0 Å². The summed E-state index contributed by atoms with van der Waals surface area (Å²) in [5.41, 5.74) is 2.25. The van der Waals surface area contributed by atoms with Crippen LogP contribution in [0.5, 0.6) is 0 Å². The van der Waals surface area contributed by atoms with E-state index in [2.05, 4.69) is 4.98 Å². The lowest BCUT2D eigenvalue weighted by Crippen LogP contribution is -2.50. The van der Waals surface area contributed by atoms with Gasteiger partial charge in [0.15, 0.2) is 5.78 Å². The largest absolute Gasteiger partial charge is 0.354 e. The van der Waals surface area contributed by atoms with E-state index in [1.54, 1.807) is 30.9 Å². The SMILES string of the molecule is CC(=O)c1c(C)[nH]c(C(=O)N2CCN(S(=O)(=O)c3ccc4ccccc4c3)CC2)c1C. The maximum atomic E-state index is 13.1. The minimum Gasteiger partial charge on any atom is -0.354 e. The van der Waals surface area contributed by atoms with Gasteiger partial charge in [-0.3, -0.25) is 9.59 Å². The van der Waals surface area contributed by atoms with Crippen LogP contribution in [0.2, 0.25) is 0 Å². The Kier molecular flexibility index (Phi) is 5.45. The number of nitrogens with zero attached hydrogens (tertiary/aromatic N) is 2. The topological polar surface area (TPSA) is 90.6 Å². The Morgan fingerprint density at radius 3 is 2.19 bits per heavy atom. The van der Waals surface area contributed by atoms with E-state index in [1.807, 2.05) is 30.3 Å². The molecular formula is C23H25N3O4S. The molecule has 1 N–H and O–H groups in total. The predicted molar refractivity (Wildman–Crippen MR) is 119 cm³/mol. The average molecular weight is 440 g/mol. The first kappa shape index (κ1) is 21.3. The number of amides is 1. The van der Waals surface area contributed by atoms with Crippen LogP contribution in [0.3, 0.4) is 0 Å². The van der Waals surface area contributed by atoms with E-state index in [1.165, 1.54) is 11.2 Å². The molecule has 0 aliphatic carbocycles. The molecule has 0 atom stereocenters. The second-order valence-corrected chi connectivity index (χ2v) is 9.82. The molecule has 0 radical (unpaired) electrons. The first-order valence-electron chi connectivity index (χ1n) is 10.2. The van der Waals surface area contributed by atoms with Crippen molar-refractivity contribution in [1.29, 1.82) is 0 Å². The lowest BCUT2D eigenvalue weighted by atomic mass is 10.1. The van der Waals surface area contributed by atoms with Gasteiger partial charge in [-0.1, -0.05) is 30.3 Å². The molecule has 8 heteroatoms. The number of aryl methyl sites for hydroxylation is 1. The number of benzene rings is 2. The molecule has 0 spiro atoms. The van der Waals surface area contributed by atoms with Gasteiger partial charge in [0.2, 0.25) is 10.0 Å². The summed E-state index contributed by atoms with van der Waals surface area (Å²) in [7, 11) is -3.65. The lowest BCUT2D eigenvalue weighted by molar-refractivity contribution is 0.0691. The van der Waals surface area contributed by atoms with Gasteiger partial charge in [-0.25, -0.2) is 8.42 Å². The fourth-order valence-corrected chi connectivity index (χ4v) is 5.72. The molecule has 7 nitrogen and oxygen atoms in total. The molecule has 1 amide bonds. The number of H-pyrrole nitrogens is 1. The number of piperazine rings is 1. The second-order valence-electron chi connectivity index (χ2n) is 7.89. The van der Waals surface area contributed by atoms with E-state index in [-0.39, 0.29) is 29.7 Å². The number of fused-ring (bicyclic) bond motifs is 1. The Hall–Kier alpha value is -2.97. The van der Waals surface area contributed by atoms with Crippen molar-refractivity contribution in [1.82, 2.24) is 14.2 Å². The molecule has 1 saturated heterocycles. The normalized spacial score (nSPS) is 15.4. The number of aromatic nitrogens is 1.